The fraction of sp³-hybridized carbons (Fsp3) is 0.591. The van der Waals surface area contributed by atoms with Crippen LogP contribution in [-0.4, -0.2) is 55.4 Å². The Morgan fingerprint density at radius 2 is 1.79 bits per heavy atom. The van der Waals surface area contributed by atoms with Gasteiger partial charge in [-0.2, -0.15) is 0 Å². The molecule has 2 amide bonds. The average Bonchev–Trinajstić information content (AvgIpc) is 3.15. The summed E-state index contributed by atoms with van der Waals surface area (Å²) in [5.41, 5.74) is 2.09. The highest BCUT2D eigenvalue weighted by Crippen LogP contribution is 2.21. The smallest absolute Gasteiger partial charge is 0.226 e. The van der Waals surface area contributed by atoms with Gasteiger partial charge in [0.15, 0.2) is 5.96 Å². The number of hydrogen-bond acceptors (Lipinski definition) is 3. The van der Waals surface area contributed by atoms with Gasteiger partial charge < -0.3 is 20.4 Å². The van der Waals surface area contributed by atoms with Crippen molar-refractivity contribution in [3.63, 3.8) is 0 Å². The molecule has 0 spiro atoms. The molecule has 2 aliphatic rings. The summed E-state index contributed by atoms with van der Waals surface area (Å²) in [7, 11) is 0. The number of piperidine rings is 1. The van der Waals surface area contributed by atoms with Crippen LogP contribution in [0.2, 0.25) is 0 Å². The second kappa shape index (κ2) is 10.8. The fourth-order valence-electron chi connectivity index (χ4n) is 3.79. The lowest BCUT2D eigenvalue weighted by atomic mass is 10.1. The molecule has 0 unspecified atom stereocenters. The highest BCUT2D eigenvalue weighted by Gasteiger charge is 2.20. The standard InChI is InChI=1S/C22H33N5O2/c1-2-23-22(24-13-6-15-26-14-5-8-20(26)28)25-17-18-9-11-19(12-10-18)27-16-4-3-7-21(27)29/h9-12H,2-8,13-17H2,1H3,(H2,23,24,25). The lowest BCUT2D eigenvalue weighted by Crippen LogP contribution is -2.39. The summed E-state index contributed by atoms with van der Waals surface area (Å²) >= 11 is 0. The van der Waals surface area contributed by atoms with Gasteiger partial charge in [-0.15, -0.1) is 0 Å². The molecular weight excluding hydrogens is 366 g/mol. The third kappa shape index (κ3) is 6.21. The van der Waals surface area contributed by atoms with Gasteiger partial charge in [-0.25, -0.2) is 4.99 Å². The first-order chi connectivity index (χ1) is 14.2. The molecule has 0 aliphatic carbocycles. The van der Waals surface area contributed by atoms with Gasteiger partial charge in [-0.05, 0) is 50.3 Å². The van der Waals surface area contributed by atoms with Crippen LogP contribution in [0.3, 0.4) is 0 Å². The molecule has 2 fully saturated rings. The Morgan fingerprint density at radius 3 is 2.48 bits per heavy atom. The monoisotopic (exact) mass is 399 g/mol. The van der Waals surface area contributed by atoms with Crippen LogP contribution in [0.15, 0.2) is 29.3 Å². The summed E-state index contributed by atoms with van der Waals surface area (Å²) in [6.07, 6.45) is 5.31. The van der Waals surface area contributed by atoms with E-state index < -0.39 is 0 Å². The maximum Gasteiger partial charge on any atom is 0.226 e. The molecule has 3 rings (SSSR count). The van der Waals surface area contributed by atoms with Crippen LogP contribution >= 0.6 is 0 Å². The topological polar surface area (TPSA) is 77.0 Å². The van der Waals surface area contributed by atoms with E-state index in [1.54, 1.807) is 0 Å². The zero-order valence-electron chi connectivity index (χ0n) is 17.5. The third-order valence-electron chi connectivity index (χ3n) is 5.40. The predicted molar refractivity (Wildman–Crippen MR) is 116 cm³/mol. The van der Waals surface area contributed by atoms with E-state index in [0.717, 1.165) is 75.6 Å². The number of rotatable bonds is 8. The number of hydrogen-bond donors (Lipinski definition) is 2. The van der Waals surface area contributed by atoms with Crippen LogP contribution in [0.4, 0.5) is 5.69 Å². The van der Waals surface area contributed by atoms with Crippen LogP contribution in [0.5, 0.6) is 0 Å². The second-order valence-corrected chi connectivity index (χ2v) is 7.63. The first-order valence-electron chi connectivity index (χ1n) is 10.9. The van der Waals surface area contributed by atoms with Gasteiger partial charge in [-0.3, -0.25) is 9.59 Å². The van der Waals surface area contributed by atoms with Crippen molar-refractivity contribution in [2.75, 3.05) is 37.6 Å². The Labute approximate surface area is 173 Å². The molecule has 29 heavy (non-hydrogen) atoms. The Kier molecular flexibility index (Phi) is 7.90. The number of carbonyl (C=O) groups is 2. The molecule has 0 atom stereocenters. The summed E-state index contributed by atoms with van der Waals surface area (Å²) in [6, 6.07) is 8.12. The van der Waals surface area contributed by atoms with Crippen LogP contribution in [0.1, 0.15) is 51.0 Å². The fourth-order valence-corrected chi connectivity index (χ4v) is 3.79. The van der Waals surface area contributed by atoms with E-state index in [-0.39, 0.29) is 11.8 Å². The molecule has 158 valence electrons. The maximum atomic E-state index is 12.1. The molecule has 2 N–H and O–H groups in total. The summed E-state index contributed by atoms with van der Waals surface area (Å²) in [5, 5.41) is 6.61. The van der Waals surface area contributed by atoms with Crippen molar-refractivity contribution >= 4 is 23.5 Å². The molecule has 1 aromatic rings. The van der Waals surface area contributed by atoms with E-state index in [4.69, 9.17) is 0 Å². The first-order valence-corrected chi connectivity index (χ1v) is 10.9. The van der Waals surface area contributed by atoms with Crippen molar-refractivity contribution in [2.24, 2.45) is 4.99 Å². The van der Waals surface area contributed by atoms with Crippen molar-refractivity contribution in [3.8, 4) is 0 Å². The molecule has 2 saturated heterocycles. The SMILES string of the molecule is CCNC(=NCc1ccc(N2CCCCC2=O)cc1)NCCCN1CCCC1=O. The summed E-state index contributed by atoms with van der Waals surface area (Å²) in [5.74, 6) is 1.28. The summed E-state index contributed by atoms with van der Waals surface area (Å²) in [6.45, 7) is 6.72. The number of carbonyl (C=O) groups excluding carboxylic acids is 2. The quantitative estimate of drug-likeness (QED) is 0.399. The molecule has 2 heterocycles. The molecule has 0 saturated carbocycles. The largest absolute Gasteiger partial charge is 0.357 e. The van der Waals surface area contributed by atoms with Crippen molar-refractivity contribution < 1.29 is 9.59 Å². The Bertz CT molecular complexity index is 716. The number of aliphatic imine (C=N–C) groups is 1. The zero-order chi connectivity index (χ0) is 20.5. The molecule has 0 radical (unpaired) electrons. The van der Waals surface area contributed by atoms with Gasteiger partial charge in [0.05, 0.1) is 6.54 Å². The molecular formula is C22H33N5O2. The second-order valence-electron chi connectivity index (χ2n) is 7.63. The van der Waals surface area contributed by atoms with E-state index in [0.29, 0.717) is 19.4 Å². The lowest BCUT2D eigenvalue weighted by Gasteiger charge is -2.26. The molecule has 1 aromatic carbocycles. The summed E-state index contributed by atoms with van der Waals surface area (Å²) < 4.78 is 0. The number of guanidine groups is 1. The lowest BCUT2D eigenvalue weighted by molar-refractivity contribution is -0.127. The van der Waals surface area contributed by atoms with E-state index in [1.165, 1.54) is 0 Å². The molecule has 7 heteroatoms. The first kappa shape index (κ1) is 21.1. The van der Waals surface area contributed by atoms with Gasteiger partial charge in [0, 0.05) is 51.3 Å². The number of benzene rings is 1. The molecule has 0 bridgehead atoms. The Balaban J connectivity index is 1.47. The normalized spacial score (nSPS) is 17.8. The summed E-state index contributed by atoms with van der Waals surface area (Å²) in [4.78, 5) is 32.2. The van der Waals surface area contributed by atoms with Crippen LogP contribution in [0, 0.1) is 0 Å². The molecule has 0 aromatic heterocycles. The highest BCUT2D eigenvalue weighted by atomic mass is 16.2. The van der Waals surface area contributed by atoms with Gasteiger partial charge in [0.2, 0.25) is 11.8 Å². The third-order valence-corrected chi connectivity index (χ3v) is 5.40. The Hall–Kier alpha value is -2.57. The van der Waals surface area contributed by atoms with E-state index in [2.05, 4.69) is 15.6 Å². The van der Waals surface area contributed by atoms with Gasteiger partial charge in [-0.1, -0.05) is 12.1 Å². The zero-order valence-corrected chi connectivity index (χ0v) is 17.5. The van der Waals surface area contributed by atoms with Crippen molar-refractivity contribution in [1.82, 2.24) is 15.5 Å². The average molecular weight is 400 g/mol. The van der Waals surface area contributed by atoms with Crippen molar-refractivity contribution in [3.05, 3.63) is 29.8 Å². The van der Waals surface area contributed by atoms with Crippen molar-refractivity contribution in [2.45, 2.75) is 52.0 Å². The van der Waals surface area contributed by atoms with Gasteiger partial charge >= 0.3 is 0 Å². The van der Waals surface area contributed by atoms with E-state index in [1.807, 2.05) is 41.0 Å². The number of nitrogens with zero attached hydrogens (tertiary/aromatic N) is 3. The maximum absolute atomic E-state index is 12.1. The van der Waals surface area contributed by atoms with Crippen molar-refractivity contribution in [1.29, 1.82) is 0 Å². The minimum atomic E-state index is 0.219. The highest BCUT2D eigenvalue weighted by molar-refractivity contribution is 5.93. The number of likely N-dealkylation sites (tertiary alicyclic amines) is 1. The van der Waals surface area contributed by atoms with Crippen LogP contribution in [0.25, 0.3) is 0 Å². The van der Waals surface area contributed by atoms with E-state index >= 15 is 0 Å². The number of nitrogens with one attached hydrogen (secondary N) is 2. The van der Waals surface area contributed by atoms with Crippen LogP contribution in [-0.2, 0) is 16.1 Å². The Morgan fingerprint density at radius 1 is 1.00 bits per heavy atom. The van der Waals surface area contributed by atoms with Crippen LogP contribution < -0.4 is 15.5 Å². The van der Waals surface area contributed by atoms with Gasteiger partial charge in [0.25, 0.3) is 0 Å². The van der Waals surface area contributed by atoms with Gasteiger partial charge in [0.1, 0.15) is 0 Å². The van der Waals surface area contributed by atoms with E-state index in [9.17, 15) is 9.59 Å². The molecule has 7 nitrogen and oxygen atoms in total. The molecule has 2 aliphatic heterocycles. The predicted octanol–water partition coefficient (Wildman–Crippen LogP) is 2.27. The minimum absolute atomic E-state index is 0.219. The number of anilines is 1. The minimum Gasteiger partial charge on any atom is -0.357 e. The number of amides is 2.